The van der Waals surface area contributed by atoms with Gasteiger partial charge >= 0.3 is 0 Å². The summed E-state index contributed by atoms with van der Waals surface area (Å²) >= 11 is 0. The van der Waals surface area contributed by atoms with E-state index in [0.29, 0.717) is 0 Å². The van der Waals surface area contributed by atoms with E-state index < -0.39 is 0 Å². The molecule has 0 bridgehead atoms. The minimum atomic E-state index is 1.16. The molecule has 0 saturated heterocycles. The lowest BCUT2D eigenvalue weighted by Gasteiger charge is -2.14. The second-order valence-electron chi connectivity index (χ2n) is 2.83. The van der Waals surface area contributed by atoms with Gasteiger partial charge in [0.25, 0.3) is 0 Å². The molecule has 0 aromatic carbocycles. The maximum absolute atomic E-state index is 3.95. The van der Waals surface area contributed by atoms with E-state index in [1.165, 1.54) is 25.7 Å². The maximum atomic E-state index is 3.95. The normalized spacial score (nSPS) is 10.8. The molecule has 61 valence electrons. The first-order valence-electron chi connectivity index (χ1n) is 4.36. The van der Waals surface area contributed by atoms with Crippen LogP contribution in [0.25, 0.3) is 0 Å². The highest BCUT2D eigenvalue weighted by molar-refractivity contribution is 4.53. The molecule has 1 heteroatoms. The lowest BCUT2D eigenvalue weighted by atomic mass is 10.3. The average Bonchev–Trinajstić information content (AvgIpc) is 1.97. The van der Waals surface area contributed by atoms with Crippen LogP contribution in [0.3, 0.4) is 0 Å². The fraction of sp³-hybridized carbons (Fsp3) is 0.889. The van der Waals surface area contributed by atoms with Crippen molar-refractivity contribution in [2.24, 2.45) is 0 Å². The first-order valence-corrected chi connectivity index (χ1v) is 4.36. The number of unbranched alkanes of at least 4 members (excludes halogenated alkanes) is 2. The standard InChI is InChI=1S/C9H20N/c1-4-6-8-10(3)9-7-5-2/h3-9H2,1-2H3. The Morgan fingerprint density at radius 2 is 1.40 bits per heavy atom. The zero-order valence-electron chi connectivity index (χ0n) is 7.40. The van der Waals surface area contributed by atoms with Crippen molar-refractivity contribution in [3.63, 3.8) is 0 Å². The number of hydrogen-bond donors (Lipinski definition) is 0. The summed E-state index contributed by atoms with van der Waals surface area (Å²) in [5.41, 5.74) is 0. The van der Waals surface area contributed by atoms with Crippen LogP contribution in [0.2, 0.25) is 0 Å². The highest BCUT2D eigenvalue weighted by Gasteiger charge is 1.94. The third kappa shape index (κ3) is 6.09. The van der Waals surface area contributed by atoms with Crippen LogP contribution in [0.5, 0.6) is 0 Å². The van der Waals surface area contributed by atoms with Gasteiger partial charge in [0.1, 0.15) is 0 Å². The van der Waals surface area contributed by atoms with Gasteiger partial charge in [-0.2, -0.15) is 0 Å². The van der Waals surface area contributed by atoms with Gasteiger partial charge in [0.05, 0.1) is 0 Å². The van der Waals surface area contributed by atoms with Crippen molar-refractivity contribution in [1.82, 2.24) is 4.90 Å². The highest BCUT2D eigenvalue weighted by Crippen LogP contribution is 1.95. The minimum Gasteiger partial charge on any atom is -0.302 e. The Morgan fingerprint density at radius 1 is 1.00 bits per heavy atom. The molecule has 0 N–H and O–H groups in total. The molecule has 0 aliphatic carbocycles. The Bertz CT molecular complexity index is 53.7. The topological polar surface area (TPSA) is 3.24 Å². The summed E-state index contributed by atoms with van der Waals surface area (Å²) in [5, 5.41) is 0. The molecular formula is C9H20N. The Morgan fingerprint density at radius 3 is 1.70 bits per heavy atom. The zero-order valence-corrected chi connectivity index (χ0v) is 7.40. The van der Waals surface area contributed by atoms with E-state index in [1.807, 2.05) is 0 Å². The largest absolute Gasteiger partial charge is 0.302 e. The molecule has 0 heterocycles. The van der Waals surface area contributed by atoms with Crippen molar-refractivity contribution >= 4 is 0 Å². The van der Waals surface area contributed by atoms with Crippen LogP contribution >= 0.6 is 0 Å². The Kier molecular flexibility index (Phi) is 7.04. The first kappa shape index (κ1) is 9.96. The van der Waals surface area contributed by atoms with E-state index in [1.54, 1.807) is 0 Å². The molecule has 0 fully saturated rings. The van der Waals surface area contributed by atoms with Crippen molar-refractivity contribution in [2.45, 2.75) is 39.5 Å². The SMILES string of the molecule is [CH2]N(CCCC)CCCC. The summed E-state index contributed by atoms with van der Waals surface area (Å²) in [7, 11) is 3.95. The molecule has 1 nitrogen and oxygen atoms in total. The van der Waals surface area contributed by atoms with E-state index in [0.717, 1.165) is 13.1 Å². The molecule has 0 saturated carbocycles. The molecular weight excluding hydrogens is 122 g/mol. The van der Waals surface area contributed by atoms with Crippen LogP contribution in [0, 0.1) is 7.05 Å². The Labute approximate surface area is 65.4 Å². The molecule has 0 spiro atoms. The Hall–Kier alpha value is -0.0400. The van der Waals surface area contributed by atoms with E-state index in [2.05, 4.69) is 25.8 Å². The smallest absolute Gasteiger partial charge is 0.0109 e. The average molecular weight is 142 g/mol. The quantitative estimate of drug-likeness (QED) is 0.551. The van der Waals surface area contributed by atoms with Gasteiger partial charge < -0.3 is 4.90 Å². The fourth-order valence-corrected chi connectivity index (χ4v) is 0.875. The van der Waals surface area contributed by atoms with Crippen LogP contribution in [-0.4, -0.2) is 18.0 Å². The van der Waals surface area contributed by atoms with Crippen LogP contribution in [-0.2, 0) is 0 Å². The van der Waals surface area contributed by atoms with Crippen LogP contribution in [0.15, 0.2) is 0 Å². The molecule has 0 atom stereocenters. The van der Waals surface area contributed by atoms with Crippen LogP contribution < -0.4 is 0 Å². The lowest BCUT2D eigenvalue weighted by Crippen LogP contribution is -2.17. The van der Waals surface area contributed by atoms with Gasteiger partial charge in [-0.3, -0.25) is 0 Å². The van der Waals surface area contributed by atoms with Crippen LogP contribution in [0.4, 0.5) is 0 Å². The fourth-order valence-electron chi connectivity index (χ4n) is 0.875. The van der Waals surface area contributed by atoms with Crippen LogP contribution in [0.1, 0.15) is 39.5 Å². The van der Waals surface area contributed by atoms with Gasteiger partial charge in [-0.1, -0.05) is 26.7 Å². The molecule has 10 heavy (non-hydrogen) atoms. The first-order chi connectivity index (χ1) is 4.81. The van der Waals surface area contributed by atoms with Gasteiger partial charge in [-0.05, 0) is 25.9 Å². The summed E-state index contributed by atoms with van der Waals surface area (Å²) in [6.07, 6.45) is 5.12. The van der Waals surface area contributed by atoms with E-state index in [-0.39, 0.29) is 0 Å². The molecule has 0 aliphatic rings. The maximum Gasteiger partial charge on any atom is 0.0109 e. The van der Waals surface area contributed by atoms with Gasteiger partial charge in [0, 0.05) is 7.05 Å². The van der Waals surface area contributed by atoms with Gasteiger partial charge in [-0.15, -0.1) is 0 Å². The molecule has 1 radical (unpaired) electrons. The number of hydrogen-bond acceptors (Lipinski definition) is 1. The molecule has 0 unspecified atom stereocenters. The van der Waals surface area contributed by atoms with E-state index in [9.17, 15) is 0 Å². The number of nitrogens with zero attached hydrogens (tertiary/aromatic N) is 1. The molecule has 0 aromatic rings. The summed E-state index contributed by atoms with van der Waals surface area (Å²) in [4.78, 5) is 2.17. The summed E-state index contributed by atoms with van der Waals surface area (Å²) in [6.45, 7) is 6.76. The Balaban J connectivity index is 3.00. The second kappa shape index (κ2) is 7.07. The van der Waals surface area contributed by atoms with Gasteiger partial charge in [0.2, 0.25) is 0 Å². The predicted octanol–water partition coefficient (Wildman–Crippen LogP) is 2.68. The third-order valence-electron chi connectivity index (χ3n) is 1.66. The van der Waals surface area contributed by atoms with E-state index in [4.69, 9.17) is 0 Å². The van der Waals surface area contributed by atoms with Crippen molar-refractivity contribution in [3.05, 3.63) is 7.05 Å². The van der Waals surface area contributed by atoms with Gasteiger partial charge in [-0.25, -0.2) is 0 Å². The van der Waals surface area contributed by atoms with Crippen molar-refractivity contribution in [1.29, 1.82) is 0 Å². The zero-order chi connectivity index (χ0) is 7.82. The lowest BCUT2D eigenvalue weighted by molar-refractivity contribution is 0.355. The summed E-state index contributed by atoms with van der Waals surface area (Å²) < 4.78 is 0. The molecule has 0 aromatic heterocycles. The van der Waals surface area contributed by atoms with Crippen molar-refractivity contribution in [3.8, 4) is 0 Å². The number of rotatable bonds is 6. The van der Waals surface area contributed by atoms with E-state index >= 15 is 0 Å². The van der Waals surface area contributed by atoms with Crippen molar-refractivity contribution < 1.29 is 0 Å². The molecule has 0 amide bonds. The highest BCUT2D eigenvalue weighted by atomic mass is 15.1. The second-order valence-corrected chi connectivity index (χ2v) is 2.83. The monoisotopic (exact) mass is 142 g/mol. The predicted molar refractivity (Wildman–Crippen MR) is 46.7 cm³/mol. The molecule has 0 rings (SSSR count). The molecule has 0 aliphatic heterocycles. The minimum absolute atomic E-state index is 1.16. The summed E-state index contributed by atoms with van der Waals surface area (Å²) in [5.74, 6) is 0. The van der Waals surface area contributed by atoms with Crippen molar-refractivity contribution in [2.75, 3.05) is 13.1 Å². The van der Waals surface area contributed by atoms with Gasteiger partial charge in [0.15, 0.2) is 0 Å². The summed E-state index contributed by atoms with van der Waals surface area (Å²) in [6, 6.07) is 0. The third-order valence-corrected chi connectivity index (χ3v) is 1.66.